The van der Waals surface area contributed by atoms with Gasteiger partial charge in [-0.3, -0.25) is 4.79 Å². The SMILES string of the molecule is COC(=O)CCN(C[C@@H](O[Si](C)(C)C(C)(C)C)c1cccc(Cl)c1)C(=O)OC(C)(C)C. The lowest BCUT2D eigenvalue weighted by atomic mass is 10.1. The van der Waals surface area contributed by atoms with Gasteiger partial charge in [-0.25, -0.2) is 4.79 Å². The molecule has 0 aliphatic rings. The minimum Gasteiger partial charge on any atom is -0.469 e. The quantitative estimate of drug-likeness (QED) is 0.333. The molecule has 0 heterocycles. The van der Waals surface area contributed by atoms with Gasteiger partial charge in [-0.05, 0) is 56.6 Å². The topological polar surface area (TPSA) is 65.1 Å². The van der Waals surface area contributed by atoms with Crippen molar-refractivity contribution in [3.05, 3.63) is 34.9 Å². The van der Waals surface area contributed by atoms with Gasteiger partial charge in [-0.2, -0.15) is 0 Å². The first-order chi connectivity index (χ1) is 14.1. The van der Waals surface area contributed by atoms with E-state index in [4.69, 9.17) is 25.5 Å². The molecule has 0 radical (unpaired) electrons. The van der Waals surface area contributed by atoms with Gasteiger partial charge < -0.3 is 18.8 Å². The molecule has 0 bridgehead atoms. The highest BCUT2D eigenvalue weighted by atomic mass is 35.5. The number of hydrogen-bond donors (Lipinski definition) is 0. The van der Waals surface area contributed by atoms with E-state index in [-0.39, 0.29) is 24.5 Å². The Morgan fingerprint density at radius 1 is 1.13 bits per heavy atom. The van der Waals surface area contributed by atoms with Gasteiger partial charge in [0.15, 0.2) is 8.32 Å². The average molecular weight is 472 g/mol. The standard InChI is InChI=1S/C23H38ClNO5Si/c1-22(2,3)29-21(27)25(14-13-20(26)28-7)16-19(17-11-10-12-18(24)15-17)30-31(8,9)23(4,5)6/h10-12,15,19H,13-14,16H2,1-9H3/t19-/m1/s1. The second kappa shape index (κ2) is 10.8. The summed E-state index contributed by atoms with van der Waals surface area (Å²) in [5, 5.41) is 0.576. The van der Waals surface area contributed by atoms with Crippen LogP contribution in [0.15, 0.2) is 24.3 Å². The second-order valence-electron chi connectivity index (χ2n) is 10.2. The normalized spacial score (nSPS) is 13.5. The Morgan fingerprint density at radius 2 is 1.74 bits per heavy atom. The molecule has 0 saturated carbocycles. The third-order valence-corrected chi connectivity index (χ3v) is 10.0. The molecule has 1 aromatic rings. The molecule has 8 heteroatoms. The van der Waals surface area contributed by atoms with Crippen molar-refractivity contribution in [3.8, 4) is 0 Å². The summed E-state index contributed by atoms with van der Waals surface area (Å²) < 4.78 is 17.0. The summed E-state index contributed by atoms with van der Waals surface area (Å²) in [5.41, 5.74) is 0.218. The predicted molar refractivity (Wildman–Crippen MR) is 127 cm³/mol. The summed E-state index contributed by atoms with van der Waals surface area (Å²) in [6.07, 6.45) is -0.843. The number of benzene rings is 1. The van der Waals surface area contributed by atoms with Gasteiger partial charge in [-0.15, -0.1) is 0 Å². The van der Waals surface area contributed by atoms with Crippen LogP contribution in [0.3, 0.4) is 0 Å². The third-order valence-electron chi connectivity index (χ3n) is 5.31. The van der Waals surface area contributed by atoms with Crippen LogP contribution < -0.4 is 0 Å². The van der Waals surface area contributed by atoms with Crippen molar-refractivity contribution in [1.82, 2.24) is 4.90 Å². The van der Waals surface area contributed by atoms with Crippen LogP contribution in [0.5, 0.6) is 0 Å². The van der Waals surface area contributed by atoms with Gasteiger partial charge in [0.1, 0.15) is 5.60 Å². The van der Waals surface area contributed by atoms with E-state index >= 15 is 0 Å². The molecule has 176 valence electrons. The van der Waals surface area contributed by atoms with Crippen LogP contribution in [-0.2, 0) is 18.7 Å². The van der Waals surface area contributed by atoms with Gasteiger partial charge in [0.25, 0.3) is 0 Å². The van der Waals surface area contributed by atoms with Gasteiger partial charge in [0.2, 0.25) is 0 Å². The van der Waals surface area contributed by atoms with Gasteiger partial charge in [0.05, 0.1) is 26.2 Å². The molecule has 0 fully saturated rings. The number of halogens is 1. The Labute approximate surface area is 193 Å². The molecule has 6 nitrogen and oxygen atoms in total. The number of carbonyl (C=O) groups excluding carboxylic acids is 2. The fourth-order valence-electron chi connectivity index (χ4n) is 2.56. The van der Waals surface area contributed by atoms with E-state index in [1.54, 1.807) is 6.07 Å². The van der Waals surface area contributed by atoms with E-state index in [9.17, 15) is 9.59 Å². The van der Waals surface area contributed by atoms with Crippen molar-refractivity contribution in [3.63, 3.8) is 0 Å². The summed E-state index contributed by atoms with van der Waals surface area (Å²) in [6.45, 7) is 16.6. The predicted octanol–water partition coefficient (Wildman–Crippen LogP) is 6.20. The van der Waals surface area contributed by atoms with Crippen LogP contribution in [0, 0.1) is 0 Å². The van der Waals surface area contributed by atoms with Crippen molar-refractivity contribution in [2.45, 2.75) is 77.8 Å². The number of methoxy groups -OCH3 is 1. The molecule has 0 aliphatic heterocycles. The summed E-state index contributed by atoms with van der Waals surface area (Å²) in [7, 11) is -0.853. The first-order valence-electron chi connectivity index (χ1n) is 10.5. The largest absolute Gasteiger partial charge is 0.469 e. The molecule has 0 unspecified atom stereocenters. The maximum Gasteiger partial charge on any atom is 0.410 e. The van der Waals surface area contributed by atoms with E-state index in [0.717, 1.165) is 5.56 Å². The van der Waals surface area contributed by atoms with E-state index in [1.165, 1.54) is 12.0 Å². The van der Waals surface area contributed by atoms with Crippen LogP contribution in [-0.4, -0.2) is 51.1 Å². The zero-order chi connectivity index (χ0) is 24.0. The number of carbonyl (C=O) groups is 2. The molecule has 1 aromatic carbocycles. The van der Waals surface area contributed by atoms with E-state index in [0.29, 0.717) is 5.02 Å². The molecule has 0 spiro atoms. The summed E-state index contributed by atoms with van der Waals surface area (Å²) in [5.74, 6) is -0.391. The number of hydrogen-bond acceptors (Lipinski definition) is 5. The number of nitrogens with zero attached hydrogens (tertiary/aromatic N) is 1. The Balaban J connectivity index is 3.27. The number of esters is 1. The minimum atomic E-state index is -2.18. The zero-order valence-corrected chi connectivity index (χ0v) is 22.1. The molecule has 0 aliphatic carbocycles. The van der Waals surface area contributed by atoms with Crippen LogP contribution >= 0.6 is 11.6 Å². The van der Waals surface area contributed by atoms with Gasteiger partial charge in [-0.1, -0.05) is 44.5 Å². The molecular weight excluding hydrogens is 434 g/mol. The number of amides is 1. The maximum absolute atomic E-state index is 12.9. The smallest absolute Gasteiger partial charge is 0.410 e. The highest BCUT2D eigenvalue weighted by molar-refractivity contribution is 6.74. The van der Waals surface area contributed by atoms with Gasteiger partial charge >= 0.3 is 12.1 Å². The maximum atomic E-state index is 12.9. The van der Waals surface area contributed by atoms with Crippen molar-refractivity contribution >= 4 is 32.0 Å². The Hall–Kier alpha value is -1.57. The lowest BCUT2D eigenvalue weighted by molar-refractivity contribution is -0.140. The van der Waals surface area contributed by atoms with Crippen LogP contribution in [0.2, 0.25) is 23.2 Å². The molecular formula is C23H38ClNO5Si. The number of ether oxygens (including phenoxy) is 2. The monoisotopic (exact) mass is 471 g/mol. The van der Waals surface area contributed by atoms with Crippen molar-refractivity contribution < 1.29 is 23.5 Å². The fraction of sp³-hybridized carbons (Fsp3) is 0.652. The first kappa shape index (κ1) is 27.5. The van der Waals surface area contributed by atoms with Crippen LogP contribution in [0.25, 0.3) is 0 Å². The fourth-order valence-corrected chi connectivity index (χ4v) is 4.04. The summed E-state index contributed by atoms with van der Waals surface area (Å²) >= 11 is 6.25. The average Bonchev–Trinajstić information content (AvgIpc) is 2.61. The van der Waals surface area contributed by atoms with E-state index in [1.807, 2.05) is 39.0 Å². The first-order valence-corrected chi connectivity index (χ1v) is 13.8. The van der Waals surface area contributed by atoms with Crippen LogP contribution in [0.1, 0.15) is 59.6 Å². The lowest BCUT2D eigenvalue weighted by Gasteiger charge is -2.40. The Bertz CT molecular complexity index is 755. The summed E-state index contributed by atoms with van der Waals surface area (Å²) in [6, 6.07) is 7.47. The molecule has 1 amide bonds. The lowest BCUT2D eigenvalue weighted by Crippen LogP contribution is -2.46. The van der Waals surface area contributed by atoms with E-state index < -0.39 is 32.1 Å². The van der Waals surface area contributed by atoms with Crippen molar-refractivity contribution in [2.24, 2.45) is 0 Å². The Morgan fingerprint density at radius 3 is 2.23 bits per heavy atom. The molecule has 31 heavy (non-hydrogen) atoms. The highest BCUT2D eigenvalue weighted by Crippen LogP contribution is 2.40. The van der Waals surface area contributed by atoms with Gasteiger partial charge in [0, 0.05) is 11.6 Å². The highest BCUT2D eigenvalue weighted by Gasteiger charge is 2.40. The van der Waals surface area contributed by atoms with Crippen molar-refractivity contribution in [2.75, 3.05) is 20.2 Å². The second-order valence-corrected chi connectivity index (χ2v) is 15.4. The molecule has 0 saturated heterocycles. The molecule has 1 rings (SSSR count). The molecule has 1 atom stereocenters. The molecule has 0 N–H and O–H groups in total. The zero-order valence-electron chi connectivity index (χ0n) is 20.4. The summed E-state index contributed by atoms with van der Waals surface area (Å²) in [4.78, 5) is 26.2. The van der Waals surface area contributed by atoms with Crippen molar-refractivity contribution in [1.29, 1.82) is 0 Å². The van der Waals surface area contributed by atoms with Crippen LogP contribution in [0.4, 0.5) is 4.79 Å². The third kappa shape index (κ3) is 9.21. The number of rotatable bonds is 8. The minimum absolute atomic E-state index is 0.0212. The Kier molecular flexibility index (Phi) is 9.60. The van der Waals surface area contributed by atoms with E-state index in [2.05, 4.69) is 33.9 Å². The molecule has 0 aromatic heterocycles.